The fourth-order valence-electron chi connectivity index (χ4n) is 2.41. The number of carbonyl (C=O) groups excluding carboxylic acids is 1. The molecule has 0 aliphatic carbocycles. The van der Waals surface area contributed by atoms with E-state index in [0.717, 1.165) is 0 Å². The third kappa shape index (κ3) is 6.33. The van der Waals surface area contributed by atoms with Gasteiger partial charge >= 0.3 is 0 Å². The zero-order valence-corrected chi connectivity index (χ0v) is 17.1. The zero-order chi connectivity index (χ0) is 21.2. The summed E-state index contributed by atoms with van der Waals surface area (Å²) in [5.41, 5.74) is 3.19. The molecule has 2 aromatic rings. The fourth-order valence-corrected chi connectivity index (χ4v) is 2.98. The Morgan fingerprint density at radius 3 is 2.83 bits per heavy atom. The maximum atomic E-state index is 12.1. The number of hydrogen-bond acceptors (Lipinski definition) is 6. The summed E-state index contributed by atoms with van der Waals surface area (Å²) < 4.78 is 11.7. The predicted octanol–water partition coefficient (Wildman–Crippen LogP) is 3.46. The van der Waals surface area contributed by atoms with Crippen LogP contribution in [0.5, 0.6) is 11.5 Å². The summed E-state index contributed by atoms with van der Waals surface area (Å²) in [6, 6.07) is 9.48. The molecule has 2 rings (SSSR count). The Hall–Kier alpha value is -3.38. The number of hydrogen-bond donors (Lipinski definition) is 1. The molecule has 0 atom stereocenters. The summed E-state index contributed by atoms with van der Waals surface area (Å²) in [5.74, 6) is 2.86. The van der Waals surface area contributed by atoms with Crippen molar-refractivity contribution in [1.29, 1.82) is 0 Å². The van der Waals surface area contributed by atoms with Gasteiger partial charge in [-0.25, -0.2) is 5.43 Å². The van der Waals surface area contributed by atoms with E-state index in [2.05, 4.69) is 32.4 Å². The first-order valence-corrected chi connectivity index (χ1v) is 9.32. The maximum Gasteiger partial charge on any atom is 0.273 e. The molecule has 0 saturated heterocycles. The van der Waals surface area contributed by atoms with E-state index in [1.54, 1.807) is 24.3 Å². The molecule has 150 valence electrons. The molecule has 0 saturated carbocycles. The molecule has 1 N–H and O–H groups in total. The number of amides is 1. The van der Waals surface area contributed by atoms with Gasteiger partial charge in [-0.3, -0.25) is 14.9 Å². The van der Waals surface area contributed by atoms with Gasteiger partial charge in [-0.2, -0.15) is 5.10 Å². The molecular weight excluding hydrogens is 442 g/mol. The van der Waals surface area contributed by atoms with Crippen molar-refractivity contribution in [3.63, 3.8) is 0 Å². The van der Waals surface area contributed by atoms with Crippen LogP contribution in [-0.2, 0) is 11.2 Å². The lowest BCUT2D eigenvalue weighted by atomic mass is 10.1. The second-order valence-electron chi connectivity index (χ2n) is 5.61. The molecule has 9 heteroatoms. The van der Waals surface area contributed by atoms with E-state index in [4.69, 9.17) is 15.9 Å². The summed E-state index contributed by atoms with van der Waals surface area (Å²) in [4.78, 5) is 22.6. The van der Waals surface area contributed by atoms with Crippen molar-refractivity contribution in [3.8, 4) is 23.8 Å². The average molecular weight is 460 g/mol. The van der Waals surface area contributed by atoms with Gasteiger partial charge in [0.05, 0.1) is 28.6 Å². The zero-order valence-electron chi connectivity index (χ0n) is 15.6. The number of ether oxygens (including phenoxy) is 2. The fraction of sp³-hybridized carbons (Fsp3) is 0.200. The van der Waals surface area contributed by atoms with Crippen LogP contribution in [-0.4, -0.2) is 30.3 Å². The maximum absolute atomic E-state index is 12.1. The number of carbonyl (C=O) groups is 1. The summed E-state index contributed by atoms with van der Waals surface area (Å²) in [5, 5.41) is 14.9. The summed E-state index contributed by atoms with van der Waals surface area (Å²) in [6.07, 6.45) is 6.49. The Morgan fingerprint density at radius 1 is 1.38 bits per heavy atom. The number of nitro benzene ring substituents is 1. The molecule has 2 aromatic carbocycles. The van der Waals surface area contributed by atoms with E-state index in [1.807, 2.05) is 6.92 Å². The highest BCUT2D eigenvalue weighted by Crippen LogP contribution is 2.36. The van der Waals surface area contributed by atoms with Crippen molar-refractivity contribution in [1.82, 2.24) is 5.43 Å². The van der Waals surface area contributed by atoms with Crippen LogP contribution in [0.2, 0.25) is 0 Å². The van der Waals surface area contributed by atoms with Gasteiger partial charge in [-0.1, -0.05) is 24.1 Å². The van der Waals surface area contributed by atoms with Gasteiger partial charge in [0.1, 0.15) is 6.61 Å². The number of rotatable bonds is 9. The minimum absolute atomic E-state index is 0.0911. The number of nitro groups is 1. The van der Waals surface area contributed by atoms with Gasteiger partial charge in [0.25, 0.3) is 5.69 Å². The summed E-state index contributed by atoms with van der Waals surface area (Å²) in [6.45, 7) is 2.35. The molecule has 1 amide bonds. The first-order valence-electron chi connectivity index (χ1n) is 8.53. The lowest BCUT2D eigenvalue weighted by Crippen LogP contribution is -2.20. The number of nitrogens with one attached hydrogen (secondary N) is 1. The normalized spacial score (nSPS) is 10.4. The summed E-state index contributed by atoms with van der Waals surface area (Å²) >= 11 is 3.40. The monoisotopic (exact) mass is 459 g/mol. The van der Waals surface area contributed by atoms with Crippen molar-refractivity contribution in [2.24, 2.45) is 5.10 Å². The second kappa shape index (κ2) is 10.8. The SMILES string of the molecule is C#CCOc1c(Br)cc(C=NNC(=O)Cc2ccccc2[N+](=O)[O-])cc1OCC. The largest absolute Gasteiger partial charge is 0.490 e. The van der Waals surface area contributed by atoms with Gasteiger partial charge in [0, 0.05) is 11.6 Å². The minimum atomic E-state index is -0.525. The highest BCUT2D eigenvalue weighted by molar-refractivity contribution is 9.10. The van der Waals surface area contributed by atoms with Crippen molar-refractivity contribution in [3.05, 3.63) is 62.1 Å². The van der Waals surface area contributed by atoms with E-state index >= 15 is 0 Å². The second-order valence-corrected chi connectivity index (χ2v) is 6.47. The van der Waals surface area contributed by atoms with Crippen molar-refractivity contribution >= 4 is 33.7 Å². The van der Waals surface area contributed by atoms with Crippen LogP contribution < -0.4 is 14.9 Å². The Balaban J connectivity index is 2.09. The molecule has 0 heterocycles. The van der Waals surface area contributed by atoms with Gasteiger partial charge in [0.2, 0.25) is 5.91 Å². The number of benzene rings is 2. The topological polar surface area (TPSA) is 103 Å². The smallest absolute Gasteiger partial charge is 0.273 e. The van der Waals surface area contributed by atoms with Crippen LogP contribution in [0.4, 0.5) is 5.69 Å². The highest BCUT2D eigenvalue weighted by atomic mass is 79.9. The average Bonchev–Trinajstić information content (AvgIpc) is 2.68. The van der Waals surface area contributed by atoms with E-state index in [9.17, 15) is 14.9 Å². The van der Waals surface area contributed by atoms with Crippen LogP contribution in [0.3, 0.4) is 0 Å². The van der Waals surface area contributed by atoms with E-state index in [0.29, 0.717) is 33.7 Å². The van der Waals surface area contributed by atoms with Crippen LogP contribution in [0, 0.1) is 22.5 Å². The number of nitrogens with zero attached hydrogens (tertiary/aromatic N) is 2. The molecule has 0 unspecified atom stereocenters. The van der Waals surface area contributed by atoms with Crippen LogP contribution in [0.25, 0.3) is 0 Å². The van der Waals surface area contributed by atoms with Crippen molar-refractivity contribution < 1.29 is 19.2 Å². The lowest BCUT2D eigenvalue weighted by Gasteiger charge is -2.13. The third-order valence-electron chi connectivity index (χ3n) is 3.57. The predicted molar refractivity (Wildman–Crippen MR) is 112 cm³/mol. The molecule has 0 bridgehead atoms. The number of para-hydroxylation sites is 1. The van der Waals surface area contributed by atoms with Gasteiger partial charge in [-0.05, 0) is 40.5 Å². The van der Waals surface area contributed by atoms with E-state index in [-0.39, 0.29) is 18.7 Å². The summed E-state index contributed by atoms with van der Waals surface area (Å²) in [7, 11) is 0. The first-order chi connectivity index (χ1) is 14.0. The molecular formula is C20H18BrN3O5. The van der Waals surface area contributed by atoms with Crippen LogP contribution in [0.15, 0.2) is 46.0 Å². The van der Waals surface area contributed by atoms with Gasteiger partial charge in [-0.15, -0.1) is 6.42 Å². The molecule has 0 fully saturated rings. The lowest BCUT2D eigenvalue weighted by molar-refractivity contribution is -0.385. The van der Waals surface area contributed by atoms with Crippen molar-refractivity contribution in [2.75, 3.05) is 13.2 Å². The third-order valence-corrected chi connectivity index (χ3v) is 4.16. The molecule has 8 nitrogen and oxygen atoms in total. The minimum Gasteiger partial charge on any atom is -0.490 e. The van der Waals surface area contributed by atoms with Crippen LogP contribution >= 0.6 is 15.9 Å². The van der Waals surface area contributed by atoms with E-state index in [1.165, 1.54) is 18.3 Å². The Bertz CT molecular complexity index is 969. The Labute approximate surface area is 176 Å². The molecule has 0 aliphatic heterocycles. The molecule has 0 aromatic heterocycles. The number of terminal acetylenes is 1. The van der Waals surface area contributed by atoms with Crippen LogP contribution in [0.1, 0.15) is 18.1 Å². The Morgan fingerprint density at radius 2 is 2.14 bits per heavy atom. The number of hydrazone groups is 1. The molecule has 0 spiro atoms. The van der Waals surface area contributed by atoms with Gasteiger partial charge < -0.3 is 9.47 Å². The molecule has 29 heavy (non-hydrogen) atoms. The Kier molecular flexibility index (Phi) is 8.18. The quantitative estimate of drug-likeness (QED) is 0.267. The first kappa shape index (κ1) is 21.9. The van der Waals surface area contributed by atoms with Gasteiger partial charge in [0.15, 0.2) is 11.5 Å². The highest BCUT2D eigenvalue weighted by Gasteiger charge is 2.15. The standard InChI is InChI=1S/C20H18BrN3O5/c1-3-9-29-20-16(21)10-14(11-18(20)28-4-2)13-22-23-19(25)12-15-7-5-6-8-17(15)24(26)27/h1,5-8,10-11,13H,4,9,12H2,2H3,(H,23,25). The van der Waals surface area contributed by atoms with Crippen molar-refractivity contribution in [2.45, 2.75) is 13.3 Å². The molecule has 0 aliphatic rings. The van der Waals surface area contributed by atoms with E-state index < -0.39 is 10.8 Å². The number of halogens is 1. The molecule has 0 radical (unpaired) electrons.